The molecule has 0 aliphatic heterocycles. The fourth-order valence-electron chi connectivity index (χ4n) is 2.06. The van der Waals surface area contributed by atoms with E-state index in [0.29, 0.717) is 5.75 Å². The summed E-state index contributed by atoms with van der Waals surface area (Å²) in [7, 11) is 0. The second-order valence-electron chi connectivity index (χ2n) is 4.18. The molecule has 0 amide bonds. The van der Waals surface area contributed by atoms with Gasteiger partial charge in [-0.25, -0.2) is 0 Å². The van der Waals surface area contributed by atoms with Gasteiger partial charge in [-0.15, -0.1) is 0 Å². The van der Waals surface area contributed by atoms with Crippen molar-refractivity contribution in [3.05, 3.63) is 48.7 Å². The Labute approximate surface area is 110 Å². The van der Waals surface area contributed by atoms with Gasteiger partial charge in [0.15, 0.2) is 5.75 Å². The molecule has 0 bridgehead atoms. The summed E-state index contributed by atoms with van der Waals surface area (Å²) < 4.78 is 5.34. The summed E-state index contributed by atoms with van der Waals surface area (Å²) in [6.45, 7) is 1.39. The summed E-state index contributed by atoms with van der Waals surface area (Å²) in [4.78, 5) is 18.8. The van der Waals surface area contributed by atoms with Gasteiger partial charge in [0.05, 0.1) is 5.69 Å². The Morgan fingerprint density at radius 1 is 1.16 bits per heavy atom. The van der Waals surface area contributed by atoms with E-state index in [4.69, 9.17) is 4.74 Å². The molecular formula is C15H12N2O2. The van der Waals surface area contributed by atoms with E-state index >= 15 is 0 Å². The van der Waals surface area contributed by atoms with Crippen LogP contribution in [0, 0.1) is 0 Å². The van der Waals surface area contributed by atoms with E-state index in [9.17, 15) is 4.79 Å². The number of carbonyl (C=O) groups excluding carboxylic acids is 1. The van der Waals surface area contributed by atoms with E-state index in [-0.39, 0.29) is 5.97 Å². The molecule has 0 aliphatic carbocycles. The Hall–Kier alpha value is -2.62. The lowest BCUT2D eigenvalue weighted by molar-refractivity contribution is -0.131. The summed E-state index contributed by atoms with van der Waals surface area (Å²) >= 11 is 0. The largest absolute Gasteiger partial charge is 0.424 e. The zero-order valence-electron chi connectivity index (χ0n) is 10.4. The lowest BCUT2D eigenvalue weighted by Gasteiger charge is -2.03. The van der Waals surface area contributed by atoms with Gasteiger partial charge >= 0.3 is 5.97 Å². The second-order valence-corrected chi connectivity index (χ2v) is 4.18. The monoisotopic (exact) mass is 252 g/mol. The van der Waals surface area contributed by atoms with Gasteiger partial charge in [-0.3, -0.25) is 9.78 Å². The van der Waals surface area contributed by atoms with Crippen molar-refractivity contribution >= 4 is 16.9 Å². The standard InChI is InChI=1S/C15H12N2O2/c1-10(18)19-15-11-6-2-3-7-12(11)17-14(15)13-8-4-5-9-16-13/h2-9,17H,1H3. The van der Waals surface area contributed by atoms with E-state index in [2.05, 4.69) is 9.97 Å². The van der Waals surface area contributed by atoms with Gasteiger partial charge in [-0.2, -0.15) is 0 Å². The molecule has 4 nitrogen and oxygen atoms in total. The fraction of sp³-hybridized carbons (Fsp3) is 0.0667. The third kappa shape index (κ3) is 2.08. The van der Waals surface area contributed by atoms with Crippen LogP contribution in [0.4, 0.5) is 0 Å². The highest BCUT2D eigenvalue weighted by atomic mass is 16.5. The number of aromatic nitrogens is 2. The number of hydrogen-bond acceptors (Lipinski definition) is 3. The summed E-state index contributed by atoms with van der Waals surface area (Å²) in [5, 5.41) is 0.873. The highest BCUT2D eigenvalue weighted by Gasteiger charge is 2.16. The number of aromatic amines is 1. The molecule has 3 rings (SSSR count). The van der Waals surface area contributed by atoms with Gasteiger partial charge in [-0.1, -0.05) is 18.2 Å². The topological polar surface area (TPSA) is 55.0 Å². The lowest BCUT2D eigenvalue weighted by Crippen LogP contribution is -2.02. The van der Waals surface area contributed by atoms with Crippen LogP contribution >= 0.6 is 0 Å². The van der Waals surface area contributed by atoms with E-state index in [1.165, 1.54) is 6.92 Å². The van der Waals surface area contributed by atoms with Crippen LogP contribution in [0.25, 0.3) is 22.3 Å². The molecule has 19 heavy (non-hydrogen) atoms. The molecule has 4 heteroatoms. The molecule has 0 spiro atoms. The van der Waals surface area contributed by atoms with Crippen LogP contribution < -0.4 is 4.74 Å². The number of pyridine rings is 1. The van der Waals surface area contributed by atoms with Crippen molar-refractivity contribution in [2.45, 2.75) is 6.92 Å². The minimum atomic E-state index is -0.345. The van der Waals surface area contributed by atoms with Crippen LogP contribution in [0.15, 0.2) is 48.7 Å². The molecule has 2 heterocycles. The summed E-state index contributed by atoms with van der Waals surface area (Å²) in [5.74, 6) is 0.184. The van der Waals surface area contributed by atoms with Gasteiger partial charge in [-0.05, 0) is 24.3 Å². The highest BCUT2D eigenvalue weighted by molar-refractivity contribution is 5.95. The first-order valence-electron chi connectivity index (χ1n) is 5.96. The number of benzene rings is 1. The van der Waals surface area contributed by atoms with Gasteiger partial charge in [0.2, 0.25) is 0 Å². The Bertz CT molecular complexity index is 732. The number of para-hydroxylation sites is 1. The minimum Gasteiger partial charge on any atom is -0.424 e. The van der Waals surface area contributed by atoms with Gasteiger partial charge in [0.25, 0.3) is 0 Å². The van der Waals surface area contributed by atoms with Crippen LogP contribution in [0.2, 0.25) is 0 Å². The van der Waals surface area contributed by atoms with Gasteiger partial charge in [0, 0.05) is 24.0 Å². The number of H-pyrrole nitrogens is 1. The molecule has 1 N–H and O–H groups in total. The summed E-state index contributed by atoms with van der Waals surface area (Å²) in [6, 6.07) is 13.3. The molecular weight excluding hydrogens is 240 g/mol. The molecule has 0 unspecified atom stereocenters. The average molecular weight is 252 g/mol. The van der Waals surface area contributed by atoms with Crippen LogP contribution in [-0.2, 0) is 4.79 Å². The smallest absolute Gasteiger partial charge is 0.308 e. The van der Waals surface area contributed by atoms with Crippen LogP contribution in [0.5, 0.6) is 5.75 Å². The number of fused-ring (bicyclic) bond motifs is 1. The normalized spacial score (nSPS) is 10.6. The Morgan fingerprint density at radius 3 is 2.68 bits per heavy atom. The molecule has 0 saturated heterocycles. The van der Waals surface area contributed by atoms with Crippen molar-refractivity contribution in [3.8, 4) is 17.1 Å². The van der Waals surface area contributed by atoms with E-state index in [1.54, 1.807) is 6.20 Å². The zero-order chi connectivity index (χ0) is 13.2. The maximum Gasteiger partial charge on any atom is 0.308 e. The first-order valence-corrected chi connectivity index (χ1v) is 5.96. The summed E-state index contributed by atoms with van der Waals surface area (Å²) in [5.41, 5.74) is 2.38. The molecule has 0 saturated carbocycles. The molecule has 2 aromatic heterocycles. The molecule has 0 radical (unpaired) electrons. The molecule has 0 fully saturated rings. The lowest BCUT2D eigenvalue weighted by atomic mass is 10.2. The Balaban J connectivity index is 2.26. The number of ether oxygens (including phenoxy) is 1. The third-order valence-corrected chi connectivity index (χ3v) is 2.83. The molecule has 3 aromatic rings. The van der Waals surface area contributed by atoms with Gasteiger partial charge in [0.1, 0.15) is 5.69 Å². The van der Waals surface area contributed by atoms with Crippen molar-refractivity contribution in [1.29, 1.82) is 0 Å². The van der Waals surface area contributed by atoms with E-state index < -0.39 is 0 Å². The van der Waals surface area contributed by atoms with Crippen molar-refractivity contribution in [2.24, 2.45) is 0 Å². The van der Waals surface area contributed by atoms with Crippen molar-refractivity contribution in [3.63, 3.8) is 0 Å². The number of esters is 1. The Morgan fingerprint density at radius 2 is 1.95 bits per heavy atom. The van der Waals surface area contributed by atoms with E-state index in [1.807, 2.05) is 42.5 Å². The quantitative estimate of drug-likeness (QED) is 0.713. The number of carbonyl (C=O) groups is 1. The maximum absolute atomic E-state index is 11.3. The maximum atomic E-state index is 11.3. The third-order valence-electron chi connectivity index (χ3n) is 2.83. The number of hydrogen-bond donors (Lipinski definition) is 1. The molecule has 1 aromatic carbocycles. The van der Waals surface area contributed by atoms with Gasteiger partial charge < -0.3 is 9.72 Å². The number of nitrogens with zero attached hydrogens (tertiary/aromatic N) is 1. The van der Waals surface area contributed by atoms with Crippen molar-refractivity contribution < 1.29 is 9.53 Å². The van der Waals surface area contributed by atoms with Crippen LogP contribution in [-0.4, -0.2) is 15.9 Å². The average Bonchev–Trinajstić information content (AvgIpc) is 2.78. The minimum absolute atomic E-state index is 0.345. The second kappa shape index (κ2) is 4.57. The summed E-state index contributed by atoms with van der Waals surface area (Å²) in [6.07, 6.45) is 1.71. The van der Waals surface area contributed by atoms with E-state index in [0.717, 1.165) is 22.3 Å². The van der Waals surface area contributed by atoms with Crippen molar-refractivity contribution in [2.75, 3.05) is 0 Å². The van der Waals surface area contributed by atoms with Crippen molar-refractivity contribution in [1.82, 2.24) is 9.97 Å². The number of nitrogens with one attached hydrogen (secondary N) is 1. The molecule has 94 valence electrons. The van der Waals surface area contributed by atoms with Crippen LogP contribution in [0.1, 0.15) is 6.92 Å². The predicted molar refractivity (Wildman–Crippen MR) is 72.8 cm³/mol. The van der Waals surface area contributed by atoms with Crippen LogP contribution in [0.3, 0.4) is 0 Å². The SMILES string of the molecule is CC(=O)Oc1c(-c2ccccn2)[nH]c2ccccc12. The molecule has 0 atom stereocenters. The zero-order valence-corrected chi connectivity index (χ0v) is 10.4. The first kappa shape index (κ1) is 11.5. The fourth-order valence-corrected chi connectivity index (χ4v) is 2.06. The number of rotatable bonds is 2. The first-order chi connectivity index (χ1) is 9.25. The predicted octanol–water partition coefficient (Wildman–Crippen LogP) is 3.16. The highest BCUT2D eigenvalue weighted by Crippen LogP contribution is 2.36. The molecule has 0 aliphatic rings. The Kier molecular flexibility index (Phi) is 2.76.